The number of benzene rings is 2. The Bertz CT molecular complexity index is 745. The van der Waals surface area contributed by atoms with Crippen molar-refractivity contribution < 1.29 is 9.59 Å². The molecule has 0 aliphatic rings. The van der Waals surface area contributed by atoms with Gasteiger partial charge in [0, 0.05) is 11.4 Å². The lowest BCUT2D eigenvalue weighted by Crippen LogP contribution is -2.23. The average molecular weight is 324 g/mol. The maximum atomic E-state index is 12.2. The summed E-state index contributed by atoms with van der Waals surface area (Å²) in [6.45, 7) is 8.21. The number of carbonyl (C=O) groups is 2. The Morgan fingerprint density at radius 2 is 1.58 bits per heavy atom. The number of carbonyl (C=O) groups excluding carboxylic acids is 2. The van der Waals surface area contributed by atoms with E-state index >= 15 is 0 Å². The zero-order valence-electron chi connectivity index (χ0n) is 14.6. The number of amides is 2. The summed E-state index contributed by atoms with van der Waals surface area (Å²) in [7, 11) is 0. The van der Waals surface area contributed by atoms with Crippen LogP contribution in [-0.4, -0.2) is 11.8 Å². The molecule has 0 radical (unpaired) electrons. The van der Waals surface area contributed by atoms with Gasteiger partial charge in [0.2, 0.25) is 11.8 Å². The number of nitrogens with one attached hydrogen (secondary N) is 2. The van der Waals surface area contributed by atoms with E-state index in [2.05, 4.69) is 31.4 Å². The molecule has 0 aromatic heterocycles. The van der Waals surface area contributed by atoms with Gasteiger partial charge in [-0.25, -0.2) is 0 Å². The summed E-state index contributed by atoms with van der Waals surface area (Å²) in [5.74, 6) is -0.650. The van der Waals surface area contributed by atoms with Crippen LogP contribution < -0.4 is 10.6 Å². The predicted molar refractivity (Wildman–Crippen MR) is 98.2 cm³/mol. The van der Waals surface area contributed by atoms with E-state index in [1.54, 1.807) is 6.07 Å². The molecular formula is C20H24N2O2. The smallest absolute Gasteiger partial charge is 0.233 e. The standard InChI is InChI=1S/C20H24N2O2/c1-14-8-7-9-15(12-14)21-18(23)13-19(24)22-17-11-6-5-10-16(17)20(2,3)4/h5-12H,13H2,1-4H3,(H,21,23)(H,22,24). The summed E-state index contributed by atoms with van der Waals surface area (Å²) < 4.78 is 0. The highest BCUT2D eigenvalue weighted by Crippen LogP contribution is 2.29. The monoisotopic (exact) mass is 324 g/mol. The molecule has 0 fully saturated rings. The van der Waals surface area contributed by atoms with Gasteiger partial charge in [-0.3, -0.25) is 9.59 Å². The summed E-state index contributed by atoms with van der Waals surface area (Å²) in [4.78, 5) is 24.2. The van der Waals surface area contributed by atoms with Crippen molar-refractivity contribution in [1.29, 1.82) is 0 Å². The van der Waals surface area contributed by atoms with Crippen molar-refractivity contribution in [3.05, 3.63) is 59.7 Å². The van der Waals surface area contributed by atoms with E-state index in [-0.39, 0.29) is 23.7 Å². The van der Waals surface area contributed by atoms with E-state index in [1.807, 2.05) is 49.4 Å². The van der Waals surface area contributed by atoms with E-state index < -0.39 is 0 Å². The fourth-order valence-electron chi connectivity index (χ4n) is 2.51. The van der Waals surface area contributed by atoms with E-state index in [0.29, 0.717) is 5.69 Å². The van der Waals surface area contributed by atoms with Crippen molar-refractivity contribution in [1.82, 2.24) is 0 Å². The summed E-state index contributed by atoms with van der Waals surface area (Å²) in [5.41, 5.74) is 3.45. The summed E-state index contributed by atoms with van der Waals surface area (Å²) >= 11 is 0. The van der Waals surface area contributed by atoms with E-state index in [9.17, 15) is 9.59 Å². The van der Waals surface area contributed by atoms with Crippen molar-refractivity contribution in [2.45, 2.75) is 39.5 Å². The number of hydrogen-bond donors (Lipinski definition) is 2. The molecule has 0 saturated heterocycles. The zero-order chi connectivity index (χ0) is 17.7. The van der Waals surface area contributed by atoms with Gasteiger partial charge in [0.05, 0.1) is 0 Å². The molecule has 2 aromatic carbocycles. The normalized spacial score (nSPS) is 11.0. The average Bonchev–Trinajstić information content (AvgIpc) is 2.46. The molecule has 4 nitrogen and oxygen atoms in total. The molecule has 4 heteroatoms. The van der Waals surface area contributed by atoms with Crippen molar-refractivity contribution in [3.8, 4) is 0 Å². The Labute approximate surface area is 143 Å². The fraction of sp³-hybridized carbons (Fsp3) is 0.300. The third-order valence-corrected chi connectivity index (χ3v) is 3.63. The van der Waals surface area contributed by atoms with E-state index in [0.717, 1.165) is 16.8 Å². The molecule has 0 spiro atoms. The van der Waals surface area contributed by atoms with Gasteiger partial charge in [0.1, 0.15) is 6.42 Å². The van der Waals surface area contributed by atoms with Crippen LogP contribution in [0.3, 0.4) is 0 Å². The van der Waals surface area contributed by atoms with Crippen molar-refractivity contribution in [2.24, 2.45) is 0 Å². The minimum Gasteiger partial charge on any atom is -0.326 e. The van der Waals surface area contributed by atoms with Gasteiger partial charge in [-0.1, -0.05) is 51.1 Å². The Morgan fingerprint density at radius 1 is 0.917 bits per heavy atom. The summed E-state index contributed by atoms with van der Waals surface area (Å²) in [5, 5.41) is 5.59. The van der Waals surface area contributed by atoms with Gasteiger partial charge in [0.25, 0.3) is 0 Å². The summed E-state index contributed by atoms with van der Waals surface area (Å²) in [6, 6.07) is 15.1. The van der Waals surface area contributed by atoms with Gasteiger partial charge in [-0.2, -0.15) is 0 Å². The van der Waals surface area contributed by atoms with Gasteiger partial charge in [-0.15, -0.1) is 0 Å². The molecule has 2 amide bonds. The molecule has 0 aliphatic carbocycles. The molecule has 2 aromatic rings. The summed E-state index contributed by atoms with van der Waals surface area (Å²) in [6.07, 6.45) is -0.216. The highest BCUT2D eigenvalue weighted by atomic mass is 16.2. The van der Waals surface area contributed by atoms with Crippen LogP contribution in [0.25, 0.3) is 0 Å². The first-order valence-corrected chi connectivity index (χ1v) is 8.01. The minimum atomic E-state index is -0.327. The third kappa shape index (κ3) is 4.95. The highest BCUT2D eigenvalue weighted by molar-refractivity contribution is 6.08. The van der Waals surface area contributed by atoms with Gasteiger partial charge >= 0.3 is 0 Å². The molecule has 2 rings (SSSR count). The molecule has 0 unspecified atom stereocenters. The Hall–Kier alpha value is -2.62. The van der Waals surface area contributed by atoms with Gasteiger partial charge < -0.3 is 10.6 Å². The SMILES string of the molecule is Cc1cccc(NC(=O)CC(=O)Nc2ccccc2C(C)(C)C)c1. The van der Waals surface area contributed by atoms with Crippen LogP contribution in [0, 0.1) is 6.92 Å². The second-order valence-corrected chi connectivity index (χ2v) is 6.94. The molecule has 0 aliphatic heterocycles. The molecule has 126 valence electrons. The Morgan fingerprint density at radius 3 is 2.25 bits per heavy atom. The number of anilines is 2. The second kappa shape index (κ2) is 7.30. The molecule has 0 saturated carbocycles. The van der Waals surface area contributed by atoms with Crippen LogP contribution in [0.15, 0.2) is 48.5 Å². The number of hydrogen-bond acceptors (Lipinski definition) is 2. The first kappa shape index (κ1) is 17.7. The van der Waals surface area contributed by atoms with E-state index in [4.69, 9.17) is 0 Å². The number of para-hydroxylation sites is 1. The lowest BCUT2D eigenvalue weighted by atomic mass is 9.86. The molecule has 24 heavy (non-hydrogen) atoms. The molecule has 2 N–H and O–H groups in total. The second-order valence-electron chi connectivity index (χ2n) is 6.94. The van der Waals surface area contributed by atoms with Crippen LogP contribution in [0.4, 0.5) is 11.4 Å². The van der Waals surface area contributed by atoms with Crippen molar-refractivity contribution in [2.75, 3.05) is 10.6 Å². The lowest BCUT2D eigenvalue weighted by Gasteiger charge is -2.22. The number of rotatable bonds is 4. The highest BCUT2D eigenvalue weighted by Gasteiger charge is 2.19. The van der Waals surface area contributed by atoms with Crippen molar-refractivity contribution >= 4 is 23.2 Å². The quantitative estimate of drug-likeness (QED) is 0.826. The number of aryl methyl sites for hydroxylation is 1. The predicted octanol–water partition coefficient (Wildman–Crippen LogP) is 4.26. The van der Waals surface area contributed by atoms with Gasteiger partial charge in [0.15, 0.2) is 0 Å². The van der Waals surface area contributed by atoms with Gasteiger partial charge in [-0.05, 0) is 41.7 Å². The molecule has 0 heterocycles. The van der Waals surface area contributed by atoms with Crippen LogP contribution >= 0.6 is 0 Å². The minimum absolute atomic E-state index is 0.0896. The first-order chi connectivity index (χ1) is 11.3. The molecule has 0 atom stereocenters. The zero-order valence-corrected chi connectivity index (χ0v) is 14.6. The lowest BCUT2D eigenvalue weighted by molar-refractivity contribution is -0.123. The van der Waals surface area contributed by atoms with Crippen molar-refractivity contribution in [3.63, 3.8) is 0 Å². The third-order valence-electron chi connectivity index (χ3n) is 3.63. The topological polar surface area (TPSA) is 58.2 Å². The Kier molecular flexibility index (Phi) is 5.39. The maximum absolute atomic E-state index is 12.2. The Balaban J connectivity index is 2.00. The van der Waals surface area contributed by atoms with Crippen LogP contribution in [0.5, 0.6) is 0 Å². The fourth-order valence-corrected chi connectivity index (χ4v) is 2.51. The van der Waals surface area contributed by atoms with Crippen LogP contribution in [-0.2, 0) is 15.0 Å². The maximum Gasteiger partial charge on any atom is 0.233 e. The van der Waals surface area contributed by atoms with Crippen LogP contribution in [0.2, 0.25) is 0 Å². The van der Waals surface area contributed by atoms with E-state index in [1.165, 1.54) is 0 Å². The van der Waals surface area contributed by atoms with Crippen LogP contribution in [0.1, 0.15) is 38.3 Å². The first-order valence-electron chi connectivity index (χ1n) is 8.01. The largest absolute Gasteiger partial charge is 0.326 e. The molecular weight excluding hydrogens is 300 g/mol. The molecule has 0 bridgehead atoms.